The third-order valence-electron chi connectivity index (χ3n) is 4.19. The van der Waals surface area contributed by atoms with E-state index in [9.17, 15) is 19.2 Å². The van der Waals surface area contributed by atoms with Crippen molar-refractivity contribution in [3.05, 3.63) is 64.7 Å². The first-order valence-electron chi connectivity index (χ1n) is 9.43. The average Bonchev–Trinajstić information content (AvgIpc) is 2.75. The average molecular weight is 463 g/mol. The fraction of sp³-hybridized carbons (Fsp3) is 0.273. The van der Waals surface area contributed by atoms with Crippen molar-refractivity contribution in [3.8, 4) is 0 Å². The number of rotatable bonds is 10. The van der Waals surface area contributed by atoms with E-state index in [4.69, 9.17) is 16.3 Å². The quantitative estimate of drug-likeness (QED) is 0.413. The van der Waals surface area contributed by atoms with E-state index in [1.807, 2.05) is 6.26 Å². The number of ether oxygens (including phenoxy) is 1. The number of carbonyl (C=O) groups is 4. The lowest BCUT2D eigenvalue weighted by molar-refractivity contribution is -0.144. The lowest BCUT2D eigenvalue weighted by Gasteiger charge is -2.17. The molecular weight excluding hydrogens is 440 g/mol. The molecule has 9 heteroatoms. The Hall–Kier alpha value is -2.84. The summed E-state index contributed by atoms with van der Waals surface area (Å²) >= 11 is 7.57. The lowest BCUT2D eigenvalue weighted by Crippen LogP contribution is -2.42. The van der Waals surface area contributed by atoms with E-state index in [0.29, 0.717) is 23.4 Å². The van der Waals surface area contributed by atoms with Crippen LogP contribution in [0.15, 0.2) is 48.5 Å². The summed E-state index contributed by atoms with van der Waals surface area (Å²) in [4.78, 5) is 48.4. The van der Waals surface area contributed by atoms with Gasteiger partial charge in [0.25, 0.3) is 5.91 Å². The molecule has 0 aliphatic carbocycles. The highest BCUT2D eigenvalue weighted by molar-refractivity contribution is 7.98. The zero-order valence-electron chi connectivity index (χ0n) is 17.1. The summed E-state index contributed by atoms with van der Waals surface area (Å²) in [5, 5.41) is 5.51. The van der Waals surface area contributed by atoms with Crippen LogP contribution in [0.4, 0.5) is 5.69 Å². The molecule has 1 atom stereocenters. The zero-order valence-corrected chi connectivity index (χ0v) is 18.7. The van der Waals surface area contributed by atoms with Crippen LogP contribution in [0.25, 0.3) is 0 Å². The Balaban J connectivity index is 1.98. The second-order valence-electron chi connectivity index (χ2n) is 6.58. The van der Waals surface area contributed by atoms with Gasteiger partial charge in [0.1, 0.15) is 6.04 Å². The standard InChI is InChI=1S/C22H23ClN2O5S/c1-14(26)24-16-9-7-15(8-10-16)20(27)13-30-22(29)19(11-12-31-2)25-21(28)17-5-3-4-6-18(17)23/h3-10,19H,11-13H2,1-2H3,(H,24,26)(H,25,28). The summed E-state index contributed by atoms with van der Waals surface area (Å²) < 4.78 is 5.16. The van der Waals surface area contributed by atoms with Gasteiger partial charge in [0.2, 0.25) is 5.91 Å². The molecule has 1 unspecified atom stereocenters. The Morgan fingerprint density at radius 2 is 1.74 bits per heavy atom. The Labute approximate surface area is 189 Å². The molecule has 0 saturated heterocycles. The molecule has 0 aliphatic rings. The van der Waals surface area contributed by atoms with Crippen LogP contribution in [0.3, 0.4) is 0 Å². The maximum atomic E-state index is 12.5. The number of carbonyl (C=O) groups excluding carboxylic acids is 4. The molecular formula is C22H23ClN2O5S. The number of nitrogens with one attached hydrogen (secondary N) is 2. The smallest absolute Gasteiger partial charge is 0.329 e. The van der Waals surface area contributed by atoms with Crippen molar-refractivity contribution >= 4 is 52.6 Å². The van der Waals surface area contributed by atoms with Crippen LogP contribution < -0.4 is 10.6 Å². The number of hydrogen-bond acceptors (Lipinski definition) is 6. The maximum absolute atomic E-state index is 12.5. The predicted molar refractivity (Wildman–Crippen MR) is 122 cm³/mol. The molecule has 0 radical (unpaired) electrons. The second-order valence-corrected chi connectivity index (χ2v) is 7.97. The number of hydrogen-bond donors (Lipinski definition) is 2. The molecule has 0 heterocycles. The Morgan fingerprint density at radius 1 is 1.06 bits per heavy atom. The molecule has 0 aliphatic heterocycles. The first kappa shape index (κ1) is 24.4. The van der Waals surface area contributed by atoms with E-state index >= 15 is 0 Å². The molecule has 0 bridgehead atoms. The van der Waals surface area contributed by atoms with Crippen molar-refractivity contribution in [2.75, 3.05) is 23.9 Å². The van der Waals surface area contributed by atoms with E-state index in [0.717, 1.165) is 0 Å². The van der Waals surface area contributed by atoms with Gasteiger partial charge < -0.3 is 15.4 Å². The minimum absolute atomic E-state index is 0.219. The predicted octanol–water partition coefficient (Wildman–Crippen LogP) is 3.58. The number of amides is 2. The molecule has 2 aromatic rings. The van der Waals surface area contributed by atoms with E-state index in [2.05, 4.69) is 10.6 Å². The summed E-state index contributed by atoms with van der Waals surface area (Å²) in [5.74, 6) is -1.20. The highest BCUT2D eigenvalue weighted by Crippen LogP contribution is 2.16. The van der Waals surface area contributed by atoms with Crippen LogP contribution >= 0.6 is 23.4 Å². The second kappa shape index (κ2) is 12.1. The van der Waals surface area contributed by atoms with Gasteiger partial charge in [0.05, 0.1) is 10.6 Å². The van der Waals surface area contributed by atoms with Gasteiger partial charge in [-0.2, -0.15) is 11.8 Å². The third kappa shape index (κ3) is 7.73. The number of anilines is 1. The van der Waals surface area contributed by atoms with Gasteiger partial charge in [0, 0.05) is 18.2 Å². The van der Waals surface area contributed by atoms with Crippen molar-refractivity contribution in [3.63, 3.8) is 0 Å². The van der Waals surface area contributed by atoms with E-state index in [1.165, 1.54) is 30.8 Å². The summed E-state index contributed by atoms with van der Waals surface area (Å²) in [7, 11) is 0. The molecule has 2 amide bonds. The van der Waals surface area contributed by atoms with Gasteiger partial charge in [-0.1, -0.05) is 23.7 Å². The minimum Gasteiger partial charge on any atom is -0.456 e. The first-order valence-corrected chi connectivity index (χ1v) is 11.2. The van der Waals surface area contributed by atoms with Crippen molar-refractivity contribution in [2.45, 2.75) is 19.4 Å². The van der Waals surface area contributed by atoms with Crippen molar-refractivity contribution in [1.82, 2.24) is 5.32 Å². The molecule has 0 aromatic heterocycles. The largest absolute Gasteiger partial charge is 0.456 e. The van der Waals surface area contributed by atoms with Gasteiger partial charge in [-0.25, -0.2) is 4.79 Å². The first-order chi connectivity index (χ1) is 14.8. The van der Waals surface area contributed by atoms with Gasteiger partial charge in [-0.15, -0.1) is 0 Å². The van der Waals surface area contributed by atoms with Crippen LogP contribution in [0.1, 0.15) is 34.1 Å². The fourth-order valence-corrected chi connectivity index (χ4v) is 3.32. The molecule has 2 N–H and O–H groups in total. The van der Waals surface area contributed by atoms with E-state index in [1.54, 1.807) is 36.4 Å². The fourth-order valence-electron chi connectivity index (χ4n) is 2.63. The highest BCUT2D eigenvalue weighted by atomic mass is 35.5. The van der Waals surface area contributed by atoms with Crippen LogP contribution in [0.5, 0.6) is 0 Å². The summed E-state index contributed by atoms with van der Waals surface area (Å²) in [6, 6.07) is 11.8. The van der Waals surface area contributed by atoms with Crippen LogP contribution in [-0.2, 0) is 14.3 Å². The molecule has 7 nitrogen and oxygen atoms in total. The topological polar surface area (TPSA) is 102 Å². The van der Waals surface area contributed by atoms with E-state index < -0.39 is 30.3 Å². The molecule has 2 aromatic carbocycles. The number of ketones is 1. The summed E-state index contributed by atoms with van der Waals surface area (Å²) in [6.45, 7) is 0.923. The third-order valence-corrected chi connectivity index (χ3v) is 5.17. The molecule has 2 rings (SSSR count). The summed E-state index contributed by atoms with van der Waals surface area (Å²) in [6.07, 6.45) is 2.22. The van der Waals surface area contributed by atoms with Gasteiger partial charge in [0.15, 0.2) is 12.4 Å². The SMILES string of the molecule is CSCCC(NC(=O)c1ccccc1Cl)C(=O)OCC(=O)c1ccc(NC(C)=O)cc1. The maximum Gasteiger partial charge on any atom is 0.329 e. The lowest BCUT2D eigenvalue weighted by atomic mass is 10.1. The Bertz CT molecular complexity index is 949. The molecule has 0 spiro atoms. The van der Waals surface area contributed by atoms with E-state index in [-0.39, 0.29) is 16.5 Å². The van der Waals surface area contributed by atoms with Crippen LogP contribution in [0, 0.1) is 0 Å². The Kier molecular flexibility index (Phi) is 9.55. The molecule has 164 valence electrons. The monoisotopic (exact) mass is 462 g/mol. The molecule has 31 heavy (non-hydrogen) atoms. The number of esters is 1. The zero-order chi connectivity index (χ0) is 22.8. The van der Waals surface area contributed by atoms with Gasteiger partial charge in [-0.05, 0) is 54.8 Å². The van der Waals surface area contributed by atoms with Crippen LogP contribution in [0.2, 0.25) is 5.02 Å². The Morgan fingerprint density at radius 3 is 2.35 bits per heavy atom. The number of halogens is 1. The van der Waals surface area contributed by atoms with Crippen molar-refractivity contribution in [1.29, 1.82) is 0 Å². The number of thioether (sulfide) groups is 1. The van der Waals surface area contributed by atoms with Gasteiger partial charge >= 0.3 is 5.97 Å². The van der Waals surface area contributed by atoms with Crippen LogP contribution in [-0.4, -0.2) is 48.2 Å². The van der Waals surface area contributed by atoms with Crippen molar-refractivity contribution in [2.24, 2.45) is 0 Å². The number of Topliss-reactive ketones (excluding diaryl/α,β-unsaturated/α-hetero) is 1. The molecule has 0 saturated carbocycles. The highest BCUT2D eigenvalue weighted by Gasteiger charge is 2.24. The molecule has 0 fully saturated rings. The minimum atomic E-state index is -0.911. The summed E-state index contributed by atoms with van der Waals surface area (Å²) in [5.41, 5.74) is 1.14. The van der Waals surface area contributed by atoms with Crippen molar-refractivity contribution < 1.29 is 23.9 Å². The normalized spacial score (nSPS) is 11.3. The number of benzene rings is 2. The van der Waals surface area contributed by atoms with Gasteiger partial charge in [-0.3, -0.25) is 14.4 Å².